The molecule has 2 heterocycles. The summed E-state index contributed by atoms with van der Waals surface area (Å²) in [5, 5.41) is 12.0. The number of nitrogens with one attached hydrogen (secondary N) is 2. The molecule has 1 saturated heterocycles. The number of hydrogen-bond acceptors (Lipinski definition) is 3. The second kappa shape index (κ2) is 5.16. The Bertz CT molecular complexity index is 445. The molecule has 0 bridgehead atoms. The summed E-state index contributed by atoms with van der Waals surface area (Å²) in [4.78, 5) is 0. The fraction of sp³-hybridized carbons (Fsp3) is 0.800. The SMILES string of the molecule is Cc1nn(C)c(C)c1NC1CCCC1C1CCCN1. The minimum atomic E-state index is 0.622. The van der Waals surface area contributed by atoms with Crippen LogP contribution in [-0.2, 0) is 7.05 Å². The van der Waals surface area contributed by atoms with Gasteiger partial charge in [-0.1, -0.05) is 6.42 Å². The highest BCUT2D eigenvalue weighted by molar-refractivity contribution is 5.53. The summed E-state index contributed by atoms with van der Waals surface area (Å²) in [7, 11) is 2.03. The molecule has 3 atom stereocenters. The van der Waals surface area contributed by atoms with Crippen LogP contribution in [0.5, 0.6) is 0 Å². The lowest BCUT2D eigenvalue weighted by Crippen LogP contribution is -2.38. The summed E-state index contributed by atoms with van der Waals surface area (Å²) in [6.45, 7) is 5.46. The van der Waals surface area contributed by atoms with E-state index in [1.807, 2.05) is 11.7 Å². The van der Waals surface area contributed by atoms with Crippen LogP contribution in [0.2, 0.25) is 0 Å². The van der Waals surface area contributed by atoms with E-state index in [4.69, 9.17) is 0 Å². The van der Waals surface area contributed by atoms with E-state index in [0.717, 1.165) is 17.7 Å². The molecule has 4 nitrogen and oxygen atoms in total. The number of nitrogens with zero attached hydrogens (tertiary/aromatic N) is 2. The van der Waals surface area contributed by atoms with Gasteiger partial charge >= 0.3 is 0 Å². The number of aryl methyl sites for hydroxylation is 2. The fourth-order valence-corrected chi connectivity index (χ4v) is 3.89. The van der Waals surface area contributed by atoms with Crippen LogP contribution in [0, 0.1) is 19.8 Å². The smallest absolute Gasteiger partial charge is 0.0827 e. The molecule has 1 saturated carbocycles. The van der Waals surface area contributed by atoms with E-state index in [0.29, 0.717) is 6.04 Å². The van der Waals surface area contributed by atoms with E-state index in [9.17, 15) is 0 Å². The van der Waals surface area contributed by atoms with Crippen molar-refractivity contribution in [3.8, 4) is 0 Å². The normalized spacial score (nSPS) is 31.0. The van der Waals surface area contributed by atoms with Crippen LogP contribution in [0.3, 0.4) is 0 Å². The summed E-state index contributed by atoms with van der Waals surface area (Å²) in [6, 6.07) is 1.36. The first-order valence-corrected chi connectivity index (χ1v) is 7.67. The molecule has 1 aliphatic carbocycles. The Balaban J connectivity index is 1.74. The predicted molar refractivity (Wildman–Crippen MR) is 78.5 cm³/mol. The molecule has 3 rings (SSSR count). The van der Waals surface area contributed by atoms with E-state index in [-0.39, 0.29) is 0 Å². The minimum absolute atomic E-state index is 0.622. The van der Waals surface area contributed by atoms with Gasteiger partial charge in [-0.2, -0.15) is 5.10 Å². The van der Waals surface area contributed by atoms with Gasteiger partial charge in [0.05, 0.1) is 17.1 Å². The van der Waals surface area contributed by atoms with E-state index in [1.54, 1.807) is 0 Å². The standard InChI is InChI=1S/C15H26N4/c1-10-15(11(2)19(3)18-10)17-14-7-4-6-12(14)13-8-5-9-16-13/h12-14,16-17H,4-9H2,1-3H3. The average molecular weight is 262 g/mol. The van der Waals surface area contributed by atoms with Crippen molar-refractivity contribution in [1.29, 1.82) is 0 Å². The molecule has 1 aromatic rings. The van der Waals surface area contributed by atoms with Crippen molar-refractivity contribution in [2.75, 3.05) is 11.9 Å². The third kappa shape index (κ3) is 2.38. The lowest BCUT2D eigenvalue weighted by Gasteiger charge is -2.27. The summed E-state index contributed by atoms with van der Waals surface area (Å²) in [6.07, 6.45) is 6.73. The first kappa shape index (κ1) is 13.0. The molecule has 0 amide bonds. The molecule has 2 aliphatic rings. The van der Waals surface area contributed by atoms with Crippen LogP contribution in [0.1, 0.15) is 43.5 Å². The Morgan fingerprint density at radius 3 is 2.68 bits per heavy atom. The fourth-order valence-electron chi connectivity index (χ4n) is 3.89. The van der Waals surface area contributed by atoms with Crippen LogP contribution in [-0.4, -0.2) is 28.4 Å². The molecule has 106 valence electrons. The lowest BCUT2D eigenvalue weighted by molar-refractivity contribution is 0.376. The first-order valence-electron chi connectivity index (χ1n) is 7.67. The van der Waals surface area contributed by atoms with Gasteiger partial charge in [-0.3, -0.25) is 4.68 Å². The summed E-state index contributed by atoms with van der Waals surface area (Å²) < 4.78 is 1.98. The Morgan fingerprint density at radius 1 is 1.21 bits per heavy atom. The number of rotatable bonds is 3. The minimum Gasteiger partial charge on any atom is -0.379 e. The summed E-state index contributed by atoms with van der Waals surface area (Å²) >= 11 is 0. The molecule has 19 heavy (non-hydrogen) atoms. The molecule has 3 unspecified atom stereocenters. The Hall–Kier alpha value is -1.03. The van der Waals surface area contributed by atoms with Crippen molar-refractivity contribution in [2.45, 2.75) is 58.0 Å². The highest BCUT2D eigenvalue weighted by atomic mass is 15.3. The number of anilines is 1. The maximum Gasteiger partial charge on any atom is 0.0827 e. The third-order valence-corrected chi connectivity index (χ3v) is 5.02. The van der Waals surface area contributed by atoms with E-state index < -0.39 is 0 Å². The molecule has 1 aliphatic heterocycles. The van der Waals surface area contributed by atoms with Crippen molar-refractivity contribution >= 4 is 5.69 Å². The van der Waals surface area contributed by atoms with Crippen molar-refractivity contribution in [3.63, 3.8) is 0 Å². The molecule has 0 spiro atoms. The lowest BCUT2D eigenvalue weighted by atomic mass is 9.93. The Labute approximate surface area is 116 Å². The highest BCUT2D eigenvalue weighted by Crippen LogP contribution is 2.35. The molecular formula is C15H26N4. The van der Waals surface area contributed by atoms with E-state index in [1.165, 1.54) is 50.0 Å². The van der Waals surface area contributed by atoms with Gasteiger partial charge < -0.3 is 10.6 Å². The van der Waals surface area contributed by atoms with Crippen molar-refractivity contribution in [2.24, 2.45) is 13.0 Å². The van der Waals surface area contributed by atoms with Gasteiger partial charge in [0, 0.05) is 19.1 Å². The van der Waals surface area contributed by atoms with Crippen LogP contribution in [0.4, 0.5) is 5.69 Å². The van der Waals surface area contributed by atoms with Gasteiger partial charge in [-0.05, 0) is 52.0 Å². The molecule has 2 fully saturated rings. The van der Waals surface area contributed by atoms with Gasteiger partial charge in [0.2, 0.25) is 0 Å². The molecule has 0 radical (unpaired) electrons. The number of hydrogen-bond donors (Lipinski definition) is 2. The highest BCUT2D eigenvalue weighted by Gasteiger charge is 2.35. The van der Waals surface area contributed by atoms with E-state index >= 15 is 0 Å². The topological polar surface area (TPSA) is 41.9 Å². The van der Waals surface area contributed by atoms with E-state index in [2.05, 4.69) is 29.6 Å². The Kier molecular flexibility index (Phi) is 3.52. The van der Waals surface area contributed by atoms with Crippen LogP contribution in [0.25, 0.3) is 0 Å². The largest absolute Gasteiger partial charge is 0.379 e. The zero-order valence-corrected chi connectivity index (χ0v) is 12.4. The molecule has 0 aromatic carbocycles. The monoisotopic (exact) mass is 262 g/mol. The van der Waals surface area contributed by atoms with Crippen LogP contribution >= 0.6 is 0 Å². The van der Waals surface area contributed by atoms with Gasteiger partial charge in [0.1, 0.15) is 0 Å². The first-order chi connectivity index (χ1) is 9.16. The average Bonchev–Trinajstić information content (AvgIpc) is 3.08. The van der Waals surface area contributed by atoms with Gasteiger partial charge in [-0.25, -0.2) is 0 Å². The maximum absolute atomic E-state index is 4.51. The summed E-state index contributed by atoms with van der Waals surface area (Å²) in [5.74, 6) is 0.793. The Morgan fingerprint density at radius 2 is 2.05 bits per heavy atom. The van der Waals surface area contributed by atoms with Gasteiger partial charge in [-0.15, -0.1) is 0 Å². The third-order valence-electron chi connectivity index (χ3n) is 5.02. The van der Waals surface area contributed by atoms with Gasteiger partial charge in [0.25, 0.3) is 0 Å². The second-order valence-electron chi connectivity index (χ2n) is 6.22. The van der Waals surface area contributed by atoms with Crippen molar-refractivity contribution in [3.05, 3.63) is 11.4 Å². The predicted octanol–water partition coefficient (Wildman–Crippen LogP) is 2.37. The van der Waals surface area contributed by atoms with Crippen molar-refractivity contribution in [1.82, 2.24) is 15.1 Å². The zero-order chi connectivity index (χ0) is 13.4. The quantitative estimate of drug-likeness (QED) is 0.879. The molecule has 4 heteroatoms. The van der Waals surface area contributed by atoms with Crippen LogP contribution in [0.15, 0.2) is 0 Å². The zero-order valence-electron chi connectivity index (χ0n) is 12.4. The molecule has 2 N–H and O–H groups in total. The molecular weight excluding hydrogens is 236 g/mol. The maximum atomic E-state index is 4.51. The van der Waals surface area contributed by atoms with Gasteiger partial charge in [0.15, 0.2) is 0 Å². The van der Waals surface area contributed by atoms with Crippen molar-refractivity contribution < 1.29 is 0 Å². The summed E-state index contributed by atoms with van der Waals surface area (Å²) in [5.41, 5.74) is 3.64. The molecule has 1 aromatic heterocycles. The second-order valence-corrected chi connectivity index (χ2v) is 6.22. The van der Waals surface area contributed by atoms with Crippen LogP contribution < -0.4 is 10.6 Å². The number of aromatic nitrogens is 2.